The maximum absolute atomic E-state index is 5.37. The third kappa shape index (κ3) is 10.0. The Bertz CT molecular complexity index is 110. The van der Waals surface area contributed by atoms with Crippen LogP contribution in [0.2, 0.25) is 0 Å². The molecule has 0 fully saturated rings. The minimum atomic E-state index is 0.735. The van der Waals surface area contributed by atoms with Crippen LogP contribution in [0, 0.1) is 5.92 Å². The van der Waals surface area contributed by atoms with Gasteiger partial charge in [0.15, 0.2) is 0 Å². The van der Waals surface area contributed by atoms with Crippen molar-refractivity contribution >= 4 is 12.6 Å². The quantitative estimate of drug-likeness (QED) is 0.367. The number of hydrogen-bond donors (Lipinski definition) is 1. The lowest BCUT2D eigenvalue weighted by atomic mass is 10.1. The van der Waals surface area contributed by atoms with Crippen molar-refractivity contribution in [2.24, 2.45) is 5.92 Å². The number of rotatable bonds is 7. The summed E-state index contributed by atoms with van der Waals surface area (Å²) in [4.78, 5) is 0. The zero-order valence-electron chi connectivity index (χ0n) is 8.12. The molecule has 0 radical (unpaired) electrons. The smallest absolute Gasteiger partial charge is 0.0647 e. The Labute approximate surface area is 81.6 Å². The molecule has 0 amide bonds. The second-order valence-electron chi connectivity index (χ2n) is 3.26. The van der Waals surface area contributed by atoms with E-state index in [-0.39, 0.29) is 0 Å². The van der Waals surface area contributed by atoms with E-state index in [9.17, 15) is 0 Å². The van der Waals surface area contributed by atoms with Crippen LogP contribution in [-0.2, 0) is 4.74 Å². The van der Waals surface area contributed by atoms with Gasteiger partial charge in [-0.15, -0.1) is 0 Å². The molecule has 0 aromatic heterocycles. The molecule has 0 aliphatic rings. The molecular weight excluding hydrogens is 168 g/mol. The van der Waals surface area contributed by atoms with Gasteiger partial charge in [-0.2, -0.15) is 12.6 Å². The van der Waals surface area contributed by atoms with Crippen molar-refractivity contribution in [2.45, 2.75) is 26.7 Å². The normalized spacial score (nSPS) is 11.7. The van der Waals surface area contributed by atoms with E-state index in [4.69, 9.17) is 4.74 Å². The summed E-state index contributed by atoms with van der Waals surface area (Å²) in [6, 6.07) is 0. The maximum Gasteiger partial charge on any atom is 0.0647 e. The predicted octanol–water partition coefficient (Wildman–Crippen LogP) is 2.93. The van der Waals surface area contributed by atoms with E-state index in [0.29, 0.717) is 0 Å². The van der Waals surface area contributed by atoms with Gasteiger partial charge in [0.25, 0.3) is 0 Å². The summed E-state index contributed by atoms with van der Waals surface area (Å²) in [6.45, 7) is 6.09. The molecule has 0 rings (SSSR count). The third-order valence-electron chi connectivity index (χ3n) is 1.56. The Balaban J connectivity index is 2.96. The molecule has 0 aliphatic carbocycles. The van der Waals surface area contributed by atoms with Crippen LogP contribution in [-0.4, -0.2) is 19.0 Å². The Hall–Kier alpha value is 0.0500. The first-order chi connectivity index (χ1) is 5.77. The average molecular weight is 188 g/mol. The van der Waals surface area contributed by atoms with E-state index >= 15 is 0 Å². The summed E-state index contributed by atoms with van der Waals surface area (Å²) in [5.74, 6) is 1.59. The number of ether oxygens (including phenoxy) is 1. The second-order valence-corrected chi connectivity index (χ2v) is 3.63. The largest absolute Gasteiger partial charge is 0.377 e. The van der Waals surface area contributed by atoms with Gasteiger partial charge >= 0.3 is 0 Å². The van der Waals surface area contributed by atoms with E-state index in [0.717, 1.165) is 24.9 Å². The highest BCUT2D eigenvalue weighted by Gasteiger charge is 1.92. The second kappa shape index (κ2) is 9.14. The van der Waals surface area contributed by atoms with Crippen LogP contribution >= 0.6 is 12.6 Å². The van der Waals surface area contributed by atoms with Crippen LogP contribution in [0.1, 0.15) is 26.7 Å². The monoisotopic (exact) mass is 188 g/mol. The first-order valence-electron chi connectivity index (χ1n) is 4.61. The number of thiol groups is 1. The summed E-state index contributed by atoms with van der Waals surface area (Å²) in [6.07, 6.45) is 6.45. The highest BCUT2D eigenvalue weighted by Crippen LogP contribution is 2.02. The molecule has 0 N–H and O–H groups in total. The van der Waals surface area contributed by atoms with Crippen molar-refractivity contribution in [1.29, 1.82) is 0 Å². The Morgan fingerprint density at radius 2 is 2.08 bits per heavy atom. The molecule has 0 aliphatic heterocycles. The van der Waals surface area contributed by atoms with Crippen LogP contribution in [0.5, 0.6) is 0 Å². The van der Waals surface area contributed by atoms with Gasteiger partial charge in [-0.3, -0.25) is 0 Å². The lowest BCUT2D eigenvalue weighted by Gasteiger charge is -2.03. The van der Waals surface area contributed by atoms with Crippen LogP contribution in [0.4, 0.5) is 0 Å². The van der Waals surface area contributed by atoms with Crippen LogP contribution in [0.3, 0.4) is 0 Å². The highest BCUT2D eigenvalue weighted by molar-refractivity contribution is 7.80. The zero-order chi connectivity index (χ0) is 9.23. The molecule has 0 unspecified atom stereocenters. The Kier molecular flexibility index (Phi) is 9.18. The fraction of sp³-hybridized carbons (Fsp3) is 0.800. The van der Waals surface area contributed by atoms with Crippen molar-refractivity contribution in [3.05, 3.63) is 12.2 Å². The van der Waals surface area contributed by atoms with Crippen molar-refractivity contribution < 1.29 is 4.74 Å². The minimum absolute atomic E-state index is 0.735. The minimum Gasteiger partial charge on any atom is -0.377 e. The van der Waals surface area contributed by atoms with Gasteiger partial charge in [-0.05, 0) is 18.8 Å². The van der Waals surface area contributed by atoms with Crippen LogP contribution < -0.4 is 0 Å². The molecule has 2 heteroatoms. The van der Waals surface area contributed by atoms with E-state index in [1.165, 1.54) is 12.8 Å². The van der Waals surface area contributed by atoms with Gasteiger partial charge in [0.05, 0.1) is 6.61 Å². The molecule has 0 bridgehead atoms. The van der Waals surface area contributed by atoms with Crippen LogP contribution in [0.15, 0.2) is 12.2 Å². The first kappa shape index (κ1) is 12.0. The van der Waals surface area contributed by atoms with E-state index < -0.39 is 0 Å². The summed E-state index contributed by atoms with van der Waals surface area (Å²) in [5.41, 5.74) is 0. The SMILES string of the molecule is CC(C)CCCOCC=CCS. The molecule has 0 heterocycles. The molecule has 0 atom stereocenters. The topological polar surface area (TPSA) is 9.23 Å². The van der Waals surface area contributed by atoms with Gasteiger partial charge in [-0.25, -0.2) is 0 Å². The van der Waals surface area contributed by atoms with Crippen molar-refractivity contribution in [1.82, 2.24) is 0 Å². The fourth-order valence-corrected chi connectivity index (χ4v) is 1.04. The summed E-state index contributed by atoms with van der Waals surface area (Å²) in [7, 11) is 0. The van der Waals surface area contributed by atoms with E-state index in [2.05, 4.69) is 26.5 Å². The average Bonchev–Trinajstić information content (AvgIpc) is 2.02. The van der Waals surface area contributed by atoms with Crippen LogP contribution in [0.25, 0.3) is 0 Å². The Morgan fingerprint density at radius 1 is 1.33 bits per heavy atom. The van der Waals surface area contributed by atoms with Gasteiger partial charge in [-0.1, -0.05) is 26.0 Å². The lowest BCUT2D eigenvalue weighted by molar-refractivity contribution is 0.154. The van der Waals surface area contributed by atoms with E-state index in [1.54, 1.807) is 0 Å². The maximum atomic E-state index is 5.37. The van der Waals surface area contributed by atoms with Gasteiger partial charge in [0, 0.05) is 12.4 Å². The van der Waals surface area contributed by atoms with Gasteiger partial charge in [0.1, 0.15) is 0 Å². The third-order valence-corrected chi connectivity index (χ3v) is 1.77. The summed E-state index contributed by atoms with van der Waals surface area (Å²) < 4.78 is 5.37. The molecule has 0 saturated heterocycles. The first-order valence-corrected chi connectivity index (χ1v) is 5.24. The molecule has 1 nitrogen and oxygen atoms in total. The molecule has 0 spiro atoms. The van der Waals surface area contributed by atoms with Gasteiger partial charge < -0.3 is 4.74 Å². The van der Waals surface area contributed by atoms with Crippen molar-refractivity contribution in [2.75, 3.05) is 19.0 Å². The lowest BCUT2D eigenvalue weighted by Crippen LogP contribution is -1.96. The number of hydrogen-bond acceptors (Lipinski definition) is 2. The van der Waals surface area contributed by atoms with Crippen molar-refractivity contribution in [3.8, 4) is 0 Å². The molecular formula is C10H20OS. The van der Waals surface area contributed by atoms with Gasteiger partial charge in [0.2, 0.25) is 0 Å². The summed E-state index contributed by atoms with van der Waals surface area (Å²) in [5, 5.41) is 0. The molecule has 12 heavy (non-hydrogen) atoms. The highest BCUT2D eigenvalue weighted by atomic mass is 32.1. The molecule has 0 aromatic carbocycles. The Morgan fingerprint density at radius 3 is 2.67 bits per heavy atom. The molecule has 72 valence electrons. The molecule has 0 aromatic rings. The van der Waals surface area contributed by atoms with Crippen molar-refractivity contribution in [3.63, 3.8) is 0 Å². The fourth-order valence-electron chi connectivity index (χ4n) is 0.888. The summed E-state index contributed by atoms with van der Waals surface area (Å²) >= 11 is 4.05. The molecule has 0 saturated carbocycles. The standard InChI is InChI=1S/C10H20OS/c1-10(2)6-5-8-11-7-3-4-9-12/h3-4,10,12H,5-9H2,1-2H3. The zero-order valence-corrected chi connectivity index (χ0v) is 9.02. The van der Waals surface area contributed by atoms with E-state index in [1.807, 2.05) is 12.2 Å². The predicted molar refractivity (Wildman–Crippen MR) is 57.9 cm³/mol.